The van der Waals surface area contributed by atoms with Crippen LogP contribution in [0.4, 0.5) is 5.82 Å². The first-order valence-corrected chi connectivity index (χ1v) is 7.86. The SMILES string of the molecule is C(=N/Nc1ncnc2c1cnn2-c1ccccc1)/c1cccs1. The average molecular weight is 320 g/mol. The number of hydrogen-bond acceptors (Lipinski definition) is 6. The molecule has 7 heteroatoms. The Morgan fingerprint density at radius 1 is 1.09 bits per heavy atom. The zero-order chi connectivity index (χ0) is 15.5. The van der Waals surface area contributed by atoms with Crippen molar-refractivity contribution in [2.75, 3.05) is 5.43 Å². The average Bonchev–Trinajstić information content (AvgIpc) is 3.25. The van der Waals surface area contributed by atoms with Crippen molar-refractivity contribution in [2.24, 2.45) is 5.10 Å². The molecular formula is C16H12N6S. The van der Waals surface area contributed by atoms with Gasteiger partial charge in [0.1, 0.15) is 6.33 Å². The van der Waals surface area contributed by atoms with Crippen LogP contribution in [-0.4, -0.2) is 26.0 Å². The molecule has 6 nitrogen and oxygen atoms in total. The largest absolute Gasteiger partial charge is 0.261 e. The van der Waals surface area contributed by atoms with Crippen LogP contribution in [0, 0.1) is 0 Å². The molecule has 0 fully saturated rings. The van der Waals surface area contributed by atoms with Gasteiger partial charge >= 0.3 is 0 Å². The van der Waals surface area contributed by atoms with Gasteiger partial charge in [0.15, 0.2) is 11.5 Å². The van der Waals surface area contributed by atoms with E-state index in [1.54, 1.807) is 28.4 Å². The van der Waals surface area contributed by atoms with Crippen molar-refractivity contribution in [3.63, 3.8) is 0 Å². The number of anilines is 1. The molecule has 0 unspecified atom stereocenters. The van der Waals surface area contributed by atoms with Gasteiger partial charge in [-0.3, -0.25) is 5.43 Å². The highest BCUT2D eigenvalue weighted by Gasteiger charge is 2.10. The lowest BCUT2D eigenvalue weighted by atomic mass is 10.3. The van der Waals surface area contributed by atoms with Crippen molar-refractivity contribution in [2.45, 2.75) is 0 Å². The van der Waals surface area contributed by atoms with Crippen molar-refractivity contribution in [1.29, 1.82) is 0 Å². The summed E-state index contributed by atoms with van der Waals surface area (Å²) >= 11 is 1.62. The number of thiophene rings is 1. The predicted molar refractivity (Wildman–Crippen MR) is 92.2 cm³/mol. The van der Waals surface area contributed by atoms with Gasteiger partial charge in [0, 0.05) is 4.88 Å². The number of para-hydroxylation sites is 1. The molecule has 23 heavy (non-hydrogen) atoms. The topological polar surface area (TPSA) is 68.0 Å². The third kappa shape index (κ3) is 2.69. The van der Waals surface area contributed by atoms with Crippen LogP contribution in [-0.2, 0) is 0 Å². The molecule has 0 spiro atoms. The molecule has 0 aliphatic rings. The summed E-state index contributed by atoms with van der Waals surface area (Å²) in [7, 11) is 0. The Labute approximate surface area is 136 Å². The number of benzene rings is 1. The van der Waals surface area contributed by atoms with Crippen LogP contribution in [0.5, 0.6) is 0 Å². The van der Waals surface area contributed by atoms with Crippen LogP contribution in [0.1, 0.15) is 4.88 Å². The molecule has 3 aromatic heterocycles. The second-order valence-corrected chi connectivity index (χ2v) is 5.72. The molecule has 4 aromatic rings. The van der Waals surface area contributed by atoms with Gasteiger partial charge in [0.05, 0.1) is 23.5 Å². The summed E-state index contributed by atoms with van der Waals surface area (Å²) in [4.78, 5) is 9.65. The van der Waals surface area contributed by atoms with Crippen LogP contribution in [0.2, 0.25) is 0 Å². The first-order chi connectivity index (χ1) is 11.4. The highest BCUT2D eigenvalue weighted by molar-refractivity contribution is 7.11. The fourth-order valence-corrected chi connectivity index (χ4v) is 2.80. The van der Waals surface area contributed by atoms with E-state index in [1.807, 2.05) is 47.8 Å². The number of aromatic nitrogens is 4. The summed E-state index contributed by atoms with van der Waals surface area (Å²) in [5, 5.41) is 11.5. The van der Waals surface area contributed by atoms with E-state index >= 15 is 0 Å². The van der Waals surface area contributed by atoms with Gasteiger partial charge < -0.3 is 0 Å². The van der Waals surface area contributed by atoms with Crippen LogP contribution in [0.25, 0.3) is 16.7 Å². The standard InChI is InChI=1S/C16H12N6S/c1-2-5-12(6-3-1)22-16-14(10-20-22)15(17-11-18-16)21-19-9-13-7-4-8-23-13/h1-11H,(H,17,18,21)/b19-9-. The lowest BCUT2D eigenvalue weighted by molar-refractivity contribution is 0.895. The van der Waals surface area contributed by atoms with E-state index in [-0.39, 0.29) is 0 Å². The Morgan fingerprint density at radius 3 is 2.83 bits per heavy atom. The zero-order valence-electron chi connectivity index (χ0n) is 12.0. The molecule has 112 valence electrons. The molecule has 0 bridgehead atoms. The summed E-state index contributed by atoms with van der Waals surface area (Å²) in [6, 6.07) is 13.9. The Morgan fingerprint density at radius 2 is 2.00 bits per heavy atom. The van der Waals surface area contributed by atoms with Crippen molar-refractivity contribution in [1.82, 2.24) is 19.7 Å². The third-order valence-corrected chi connectivity index (χ3v) is 4.08. The van der Waals surface area contributed by atoms with Crippen LogP contribution >= 0.6 is 11.3 Å². The lowest BCUT2D eigenvalue weighted by Crippen LogP contribution is -1.99. The fourth-order valence-electron chi connectivity index (χ4n) is 2.21. The van der Waals surface area contributed by atoms with Gasteiger partial charge in [-0.15, -0.1) is 11.3 Å². The maximum atomic E-state index is 4.41. The first-order valence-electron chi connectivity index (χ1n) is 6.98. The van der Waals surface area contributed by atoms with E-state index in [0.29, 0.717) is 5.82 Å². The molecule has 0 aliphatic carbocycles. The minimum Gasteiger partial charge on any atom is -0.261 e. The minimum absolute atomic E-state index is 0.630. The highest BCUT2D eigenvalue weighted by atomic mass is 32.1. The van der Waals surface area contributed by atoms with E-state index in [0.717, 1.165) is 21.6 Å². The Balaban J connectivity index is 1.68. The molecule has 4 rings (SSSR count). The molecule has 0 aliphatic heterocycles. The van der Waals surface area contributed by atoms with Crippen LogP contribution < -0.4 is 5.43 Å². The second-order valence-electron chi connectivity index (χ2n) is 4.74. The number of fused-ring (bicyclic) bond motifs is 1. The van der Waals surface area contributed by atoms with Crippen molar-refractivity contribution < 1.29 is 0 Å². The zero-order valence-corrected chi connectivity index (χ0v) is 12.8. The quantitative estimate of drug-likeness (QED) is 0.462. The molecule has 0 saturated heterocycles. The summed E-state index contributed by atoms with van der Waals surface area (Å²) in [5.74, 6) is 0.630. The number of nitrogens with one attached hydrogen (secondary N) is 1. The molecule has 3 heterocycles. The number of hydrazone groups is 1. The number of nitrogens with zero attached hydrogens (tertiary/aromatic N) is 5. The van der Waals surface area contributed by atoms with Gasteiger partial charge in [0.2, 0.25) is 0 Å². The Bertz CT molecular complexity index is 943. The maximum Gasteiger partial charge on any atom is 0.168 e. The normalized spacial score (nSPS) is 11.3. The predicted octanol–water partition coefficient (Wildman–Crippen LogP) is 3.32. The summed E-state index contributed by atoms with van der Waals surface area (Å²) in [5.41, 5.74) is 4.65. The van der Waals surface area contributed by atoms with Crippen molar-refractivity contribution in [3.05, 3.63) is 65.2 Å². The molecule has 1 aromatic carbocycles. The second kappa shape index (κ2) is 5.98. The Kier molecular flexibility index (Phi) is 3.53. The van der Waals surface area contributed by atoms with Gasteiger partial charge in [-0.25, -0.2) is 14.6 Å². The molecule has 0 atom stereocenters. The van der Waals surface area contributed by atoms with E-state index < -0.39 is 0 Å². The third-order valence-electron chi connectivity index (χ3n) is 3.27. The summed E-state index contributed by atoms with van der Waals surface area (Å²) < 4.78 is 1.78. The van der Waals surface area contributed by atoms with Crippen LogP contribution in [0.15, 0.2) is 65.5 Å². The van der Waals surface area contributed by atoms with Gasteiger partial charge in [-0.05, 0) is 23.6 Å². The van der Waals surface area contributed by atoms with Crippen LogP contribution in [0.3, 0.4) is 0 Å². The highest BCUT2D eigenvalue weighted by Crippen LogP contribution is 2.21. The minimum atomic E-state index is 0.630. The molecule has 1 N–H and O–H groups in total. The molecule has 0 amide bonds. The monoisotopic (exact) mass is 320 g/mol. The smallest absolute Gasteiger partial charge is 0.168 e. The maximum absolute atomic E-state index is 4.41. The van der Waals surface area contributed by atoms with E-state index in [1.165, 1.54) is 6.33 Å². The van der Waals surface area contributed by atoms with E-state index in [2.05, 4.69) is 25.6 Å². The van der Waals surface area contributed by atoms with Gasteiger partial charge in [-0.1, -0.05) is 24.3 Å². The summed E-state index contributed by atoms with van der Waals surface area (Å²) in [6.45, 7) is 0. The van der Waals surface area contributed by atoms with E-state index in [4.69, 9.17) is 0 Å². The number of hydrogen-bond donors (Lipinski definition) is 1. The fraction of sp³-hybridized carbons (Fsp3) is 0. The van der Waals surface area contributed by atoms with E-state index in [9.17, 15) is 0 Å². The lowest BCUT2D eigenvalue weighted by Gasteiger charge is -2.03. The van der Waals surface area contributed by atoms with Gasteiger partial charge in [0.25, 0.3) is 0 Å². The molecule has 0 saturated carbocycles. The number of rotatable bonds is 4. The Hall–Kier alpha value is -3.06. The first kappa shape index (κ1) is 13.6. The van der Waals surface area contributed by atoms with Crippen molar-refractivity contribution in [3.8, 4) is 5.69 Å². The summed E-state index contributed by atoms with van der Waals surface area (Å²) in [6.07, 6.45) is 5.01. The van der Waals surface area contributed by atoms with Crippen molar-refractivity contribution >= 4 is 34.4 Å². The molecular weight excluding hydrogens is 308 g/mol. The van der Waals surface area contributed by atoms with Gasteiger partial charge in [-0.2, -0.15) is 10.2 Å². The molecule has 0 radical (unpaired) electrons.